The number of carbonyl (C=O) groups excluding carboxylic acids is 1. The number of alkyl carbamates (subject to hydrolysis) is 1. The molecule has 21 heavy (non-hydrogen) atoms. The Morgan fingerprint density at radius 2 is 1.81 bits per heavy atom. The van der Waals surface area contributed by atoms with Crippen LogP contribution in [-0.2, 0) is 22.4 Å². The van der Waals surface area contributed by atoms with E-state index in [4.69, 9.17) is 9.84 Å². The third kappa shape index (κ3) is 7.97. The van der Waals surface area contributed by atoms with Crippen molar-refractivity contribution >= 4 is 12.1 Å². The minimum absolute atomic E-state index is 0.125. The highest BCUT2D eigenvalue weighted by Gasteiger charge is 2.15. The lowest BCUT2D eigenvalue weighted by molar-refractivity contribution is -0.136. The SMILES string of the molecule is CC(C)(C)OC(=O)NCCc1cccc(CCC(=O)O)c1. The summed E-state index contributed by atoms with van der Waals surface area (Å²) >= 11 is 0. The van der Waals surface area contributed by atoms with Gasteiger partial charge < -0.3 is 15.2 Å². The second-order valence-electron chi connectivity index (χ2n) is 5.89. The van der Waals surface area contributed by atoms with E-state index < -0.39 is 17.7 Å². The Balaban J connectivity index is 2.40. The van der Waals surface area contributed by atoms with E-state index in [1.54, 1.807) is 0 Å². The van der Waals surface area contributed by atoms with E-state index in [9.17, 15) is 9.59 Å². The molecule has 0 aliphatic rings. The van der Waals surface area contributed by atoms with Gasteiger partial charge in [0.15, 0.2) is 0 Å². The summed E-state index contributed by atoms with van der Waals surface area (Å²) in [5, 5.41) is 11.4. The molecule has 0 aliphatic carbocycles. The number of carboxylic acid groups (broad SMARTS) is 1. The van der Waals surface area contributed by atoms with E-state index in [-0.39, 0.29) is 6.42 Å². The van der Waals surface area contributed by atoms with Crippen molar-refractivity contribution in [2.24, 2.45) is 0 Å². The van der Waals surface area contributed by atoms with Crippen molar-refractivity contribution in [2.45, 2.75) is 45.6 Å². The average Bonchev–Trinajstić information content (AvgIpc) is 2.34. The van der Waals surface area contributed by atoms with Crippen molar-refractivity contribution in [3.05, 3.63) is 35.4 Å². The van der Waals surface area contributed by atoms with Crippen LogP contribution in [-0.4, -0.2) is 29.3 Å². The lowest BCUT2D eigenvalue weighted by Gasteiger charge is -2.19. The smallest absolute Gasteiger partial charge is 0.407 e. The van der Waals surface area contributed by atoms with Gasteiger partial charge in [-0.2, -0.15) is 0 Å². The zero-order chi connectivity index (χ0) is 15.9. The molecule has 116 valence electrons. The Hall–Kier alpha value is -2.04. The van der Waals surface area contributed by atoms with Crippen LogP contribution in [0.2, 0.25) is 0 Å². The second kappa shape index (κ2) is 7.67. The number of ether oxygens (including phenoxy) is 1. The van der Waals surface area contributed by atoms with Crippen LogP contribution in [0.4, 0.5) is 4.79 Å². The molecule has 0 heterocycles. The van der Waals surface area contributed by atoms with E-state index in [0.29, 0.717) is 19.4 Å². The first kappa shape index (κ1) is 17.0. The first-order valence-corrected chi connectivity index (χ1v) is 7.03. The van der Waals surface area contributed by atoms with Gasteiger partial charge in [-0.15, -0.1) is 0 Å². The predicted octanol–water partition coefficient (Wildman–Crippen LogP) is 2.77. The molecule has 1 amide bonds. The Morgan fingerprint density at radius 3 is 2.38 bits per heavy atom. The van der Waals surface area contributed by atoms with E-state index in [1.807, 2.05) is 45.0 Å². The van der Waals surface area contributed by atoms with Crippen LogP contribution in [0.1, 0.15) is 38.3 Å². The molecule has 0 saturated carbocycles. The van der Waals surface area contributed by atoms with Crippen LogP contribution in [0.25, 0.3) is 0 Å². The summed E-state index contributed by atoms with van der Waals surface area (Å²) in [5.74, 6) is -0.799. The van der Waals surface area contributed by atoms with Crippen LogP contribution in [0, 0.1) is 0 Å². The molecule has 0 atom stereocenters. The Bertz CT molecular complexity index is 491. The van der Waals surface area contributed by atoms with Gasteiger partial charge in [-0.25, -0.2) is 4.79 Å². The van der Waals surface area contributed by atoms with Crippen molar-refractivity contribution in [3.63, 3.8) is 0 Å². The van der Waals surface area contributed by atoms with Crippen molar-refractivity contribution in [1.29, 1.82) is 0 Å². The van der Waals surface area contributed by atoms with E-state index in [2.05, 4.69) is 5.32 Å². The molecule has 1 aromatic rings. The minimum Gasteiger partial charge on any atom is -0.481 e. The molecule has 0 radical (unpaired) electrons. The maximum Gasteiger partial charge on any atom is 0.407 e. The molecule has 0 aromatic heterocycles. The number of nitrogens with one attached hydrogen (secondary N) is 1. The van der Waals surface area contributed by atoms with Crippen molar-refractivity contribution < 1.29 is 19.4 Å². The molecule has 0 bridgehead atoms. The average molecular weight is 293 g/mol. The van der Waals surface area contributed by atoms with Gasteiger partial charge in [0.2, 0.25) is 0 Å². The van der Waals surface area contributed by atoms with E-state index in [1.165, 1.54) is 0 Å². The van der Waals surface area contributed by atoms with Crippen LogP contribution in [0.15, 0.2) is 24.3 Å². The predicted molar refractivity (Wildman–Crippen MR) is 80.3 cm³/mol. The van der Waals surface area contributed by atoms with Gasteiger partial charge in [0.1, 0.15) is 5.60 Å². The Labute approximate surface area is 125 Å². The fourth-order valence-corrected chi connectivity index (χ4v) is 1.82. The van der Waals surface area contributed by atoms with Gasteiger partial charge in [0.25, 0.3) is 0 Å². The Morgan fingerprint density at radius 1 is 1.19 bits per heavy atom. The highest BCUT2D eigenvalue weighted by atomic mass is 16.6. The number of aryl methyl sites for hydroxylation is 1. The Kier molecular flexibility index (Phi) is 6.21. The molecular weight excluding hydrogens is 270 g/mol. The van der Waals surface area contributed by atoms with Crippen LogP contribution >= 0.6 is 0 Å². The van der Waals surface area contributed by atoms with Crippen LogP contribution in [0.5, 0.6) is 0 Å². The first-order chi connectivity index (χ1) is 9.76. The fraction of sp³-hybridized carbons (Fsp3) is 0.500. The summed E-state index contributed by atoms with van der Waals surface area (Å²) in [6, 6.07) is 7.74. The van der Waals surface area contributed by atoms with Crippen molar-refractivity contribution in [1.82, 2.24) is 5.32 Å². The number of hydrogen-bond acceptors (Lipinski definition) is 3. The normalized spacial score (nSPS) is 11.0. The molecule has 0 unspecified atom stereocenters. The fourth-order valence-electron chi connectivity index (χ4n) is 1.82. The number of benzene rings is 1. The zero-order valence-corrected chi connectivity index (χ0v) is 12.8. The topological polar surface area (TPSA) is 75.6 Å². The second-order valence-corrected chi connectivity index (χ2v) is 5.89. The number of carbonyl (C=O) groups is 2. The van der Waals surface area contributed by atoms with Gasteiger partial charge in [-0.3, -0.25) is 4.79 Å². The van der Waals surface area contributed by atoms with Gasteiger partial charge in [0.05, 0.1) is 0 Å². The lowest BCUT2D eigenvalue weighted by atomic mass is 10.0. The quantitative estimate of drug-likeness (QED) is 0.845. The molecule has 2 N–H and O–H groups in total. The standard InChI is InChI=1S/C16H23NO4/c1-16(2,3)21-15(20)17-10-9-13-6-4-5-12(11-13)7-8-14(18)19/h4-6,11H,7-10H2,1-3H3,(H,17,20)(H,18,19). The van der Waals surface area contributed by atoms with Gasteiger partial charge in [-0.1, -0.05) is 24.3 Å². The molecular formula is C16H23NO4. The monoisotopic (exact) mass is 293 g/mol. The van der Waals surface area contributed by atoms with Gasteiger partial charge in [0, 0.05) is 13.0 Å². The largest absolute Gasteiger partial charge is 0.481 e. The summed E-state index contributed by atoms with van der Waals surface area (Å²) in [5.41, 5.74) is 1.56. The minimum atomic E-state index is -0.799. The molecule has 0 spiro atoms. The zero-order valence-electron chi connectivity index (χ0n) is 12.8. The van der Waals surface area contributed by atoms with Crippen LogP contribution in [0.3, 0.4) is 0 Å². The summed E-state index contributed by atoms with van der Waals surface area (Å²) in [6.07, 6.45) is 0.895. The first-order valence-electron chi connectivity index (χ1n) is 7.03. The number of aliphatic carboxylic acids is 1. The molecule has 5 nitrogen and oxygen atoms in total. The summed E-state index contributed by atoms with van der Waals surface area (Å²) < 4.78 is 5.15. The molecule has 0 aliphatic heterocycles. The molecule has 5 heteroatoms. The third-order valence-electron chi connectivity index (χ3n) is 2.70. The van der Waals surface area contributed by atoms with Crippen LogP contribution < -0.4 is 5.32 Å². The lowest BCUT2D eigenvalue weighted by Crippen LogP contribution is -2.33. The number of rotatable bonds is 6. The van der Waals surface area contributed by atoms with E-state index >= 15 is 0 Å². The number of hydrogen-bond donors (Lipinski definition) is 2. The summed E-state index contributed by atoms with van der Waals surface area (Å²) in [7, 11) is 0. The highest BCUT2D eigenvalue weighted by molar-refractivity contribution is 5.67. The molecule has 1 aromatic carbocycles. The van der Waals surface area contributed by atoms with Crippen molar-refractivity contribution in [3.8, 4) is 0 Å². The van der Waals surface area contributed by atoms with E-state index in [0.717, 1.165) is 11.1 Å². The van der Waals surface area contributed by atoms with Gasteiger partial charge in [-0.05, 0) is 44.7 Å². The third-order valence-corrected chi connectivity index (χ3v) is 2.70. The highest BCUT2D eigenvalue weighted by Crippen LogP contribution is 2.09. The van der Waals surface area contributed by atoms with Gasteiger partial charge >= 0.3 is 12.1 Å². The molecule has 0 saturated heterocycles. The summed E-state index contributed by atoms with van der Waals surface area (Å²) in [6.45, 7) is 5.94. The molecule has 1 rings (SSSR count). The van der Waals surface area contributed by atoms with Crippen molar-refractivity contribution in [2.75, 3.05) is 6.54 Å². The number of carboxylic acids is 1. The number of amides is 1. The summed E-state index contributed by atoms with van der Waals surface area (Å²) in [4.78, 5) is 22.1. The maximum atomic E-state index is 11.5. The molecule has 0 fully saturated rings. The maximum absolute atomic E-state index is 11.5.